The van der Waals surface area contributed by atoms with Crippen molar-refractivity contribution in [3.63, 3.8) is 0 Å². The van der Waals surface area contributed by atoms with Crippen molar-refractivity contribution in [3.05, 3.63) is 46.5 Å². The summed E-state index contributed by atoms with van der Waals surface area (Å²) in [7, 11) is -2.16. The van der Waals surface area contributed by atoms with Crippen molar-refractivity contribution >= 4 is 33.2 Å². The number of carbonyl (C=O) groups is 1. The van der Waals surface area contributed by atoms with Crippen LogP contribution in [-0.4, -0.2) is 44.9 Å². The van der Waals surface area contributed by atoms with Gasteiger partial charge < -0.3 is 14.8 Å². The Morgan fingerprint density at radius 3 is 2.32 bits per heavy atom. The third-order valence-electron chi connectivity index (χ3n) is 5.22. The highest BCUT2D eigenvalue weighted by atomic mass is 35.5. The van der Waals surface area contributed by atoms with Crippen LogP contribution in [0.5, 0.6) is 11.5 Å². The molecule has 0 aliphatic carbocycles. The van der Waals surface area contributed by atoms with Gasteiger partial charge in [0.05, 0.1) is 17.7 Å². The molecule has 3 rings (SSSR count). The number of sulfonamides is 1. The molecule has 0 aromatic heterocycles. The standard InChI is InChI=1S/C22H27ClN2O5S/c1-14-11-17(12-15(2)21(14)23)30-16(3)22(26)24-19-13-18(7-8-20(19)29-4)31(27,28)25-9-5-6-10-25/h7-8,11-13,16H,5-6,9-10H2,1-4H3,(H,24,26). The van der Waals surface area contributed by atoms with Crippen molar-refractivity contribution in [2.75, 3.05) is 25.5 Å². The number of nitrogens with one attached hydrogen (secondary N) is 1. The van der Waals surface area contributed by atoms with E-state index in [1.54, 1.807) is 19.1 Å². The number of hydrogen-bond acceptors (Lipinski definition) is 5. The summed E-state index contributed by atoms with van der Waals surface area (Å²) in [6.45, 7) is 6.35. The molecule has 1 unspecified atom stereocenters. The van der Waals surface area contributed by atoms with E-state index in [0.717, 1.165) is 24.0 Å². The summed E-state index contributed by atoms with van der Waals surface area (Å²) in [6, 6.07) is 7.98. The summed E-state index contributed by atoms with van der Waals surface area (Å²) in [5.74, 6) is 0.456. The van der Waals surface area contributed by atoms with Crippen LogP contribution in [0, 0.1) is 13.8 Å². The maximum Gasteiger partial charge on any atom is 0.265 e. The number of amides is 1. The number of rotatable bonds is 7. The molecule has 31 heavy (non-hydrogen) atoms. The number of ether oxygens (including phenoxy) is 2. The Morgan fingerprint density at radius 1 is 1.13 bits per heavy atom. The molecule has 1 saturated heterocycles. The van der Waals surface area contributed by atoms with Gasteiger partial charge in [0.1, 0.15) is 11.5 Å². The van der Waals surface area contributed by atoms with E-state index in [2.05, 4.69) is 5.32 Å². The summed E-state index contributed by atoms with van der Waals surface area (Å²) in [4.78, 5) is 12.9. The third-order valence-corrected chi connectivity index (χ3v) is 7.71. The second kappa shape index (κ2) is 9.46. The zero-order chi connectivity index (χ0) is 22.8. The third kappa shape index (κ3) is 5.14. The molecule has 0 radical (unpaired) electrons. The van der Waals surface area contributed by atoms with Crippen molar-refractivity contribution < 1.29 is 22.7 Å². The minimum Gasteiger partial charge on any atom is -0.495 e. The molecule has 1 amide bonds. The summed E-state index contributed by atoms with van der Waals surface area (Å²) >= 11 is 6.19. The Labute approximate surface area is 188 Å². The van der Waals surface area contributed by atoms with Gasteiger partial charge in [-0.1, -0.05) is 11.6 Å². The van der Waals surface area contributed by atoms with Crippen LogP contribution in [0.25, 0.3) is 0 Å². The second-order valence-electron chi connectivity index (χ2n) is 7.59. The van der Waals surface area contributed by atoms with E-state index in [-0.39, 0.29) is 10.6 Å². The molecule has 0 bridgehead atoms. The molecule has 7 nitrogen and oxygen atoms in total. The summed E-state index contributed by atoms with van der Waals surface area (Å²) in [6.07, 6.45) is 0.859. The van der Waals surface area contributed by atoms with E-state index in [1.165, 1.54) is 29.6 Å². The second-order valence-corrected chi connectivity index (χ2v) is 9.91. The quantitative estimate of drug-likeness (QED) is 0.662. The maximum absolute atomic E-state index is 12.9. The summed E-state index contributed by atoms with van der Waals surface area (Å²) in [5, 5.41) is 3.38. The molecular formula is C22H27ClN2O5S. The lowest BCUT2D eigenvalue weighted by molar-refractivity contribution is -0.122. The zero-order valence-electron chi connectivity index (χ0n) is 18.1. The molecule has 1 atom stereocenters. The average molecular weight is 467 g/mol. The number of nitrogens with zero attached hydrogens (tertiary/aromatic N) is 1. The Morgan fingerprint density at radius 2 is 1.74 bits per heavy atom. The number of anilines is 1. The first kappa shape index (κ1) is 23.4. The maximum atomic E-state index is 12.9. The normalized spacial score (nSPS) is 15.5. The number of methoxy groups -OCH3 is 1. The molecule has 1 aliphatic rings. The highest BCUT2D eigenvalue weighted by molar-refractivity contribution is 7.89. The van der Waals surface area contributed by atoms with Crippen molar-refractivity contribution in [1.82, 2.24) is 4.31 Å². The van der Waals surface area contributed by atoms with Gasteiger partial charge in [0, 0.05) is 18.1 Å². The van der Waals surface area contributed by atoms with Crippen molar-refractivity contribution in [2.24, 2.45) is 0 Å². The van der Waals surface area contributed by atoms with E-state index in [0.29, 0.717) is 29.6 Å². The molecule has 2 aromatic carbocycles. The molecule has 9 heteroatoms. The van der Waals surface area contributed by atoms with Crippen LogP contribution in [0.4, 0.5) is 5.69 Å². The Hall–Kier alpha value is -2.29. The fourth-order valence-corrected chi connectivity index (χ4v) is 5.14. The van der Waals surface area contributed by atoms with Gasteiger partial charge >= 0.3 is 0 Å². The predicted octanol–water partition coefficient (Wildman–Crippen LogP) is 4.16. The first-order valence-corrected chi connectivity index (χ1v) is 11.9. The summed E-state index contributed by atoms with van der Waals surface area (Å²) in [5.41, 5.74) is 1.98. The van der Waals surface area contributed by atoms with Crippen LogP contribution in [0.1, 0.15) is 30.9 Å². The van der Waals surface area contributed by atoms with E-state index in [9.17, 15) is 13.2 Å². The molecule has 1 N–H and O–H groups in total. The fraction of sp³-hybridized carbons (Fsp3) is 0.409. The van der Waals surface area contributed by atoms with Crippen molar-refractivity contribution in [3.8, 4) is 11.5 Å². The number of aryl methyl sites for hydroxylation is 2. The number of carbonyl (C=O) groups excluding carboxylic acids is 1. The zero-order valence-corrected chi connectivity index (χ0v) is 19.6. The van der Waals surface area contributed by atoms with Gasteiger partial charge in [0.15, 0.2) is 6.10 Å². The van der Waals surface area contributed by atoms with Crippen LogP contribution in [0.3, 0.4) is 0 Å². The molecule has 168 valence electrons. The first-order valence-electron chi connectivity index (χ1n) is 10.1. The van der Waals surface area contributed by atoms with Crippen LogP contribution in [0.15, 0.2) is 35.2 Å². The monoisotopic (exact) mass is 466 g/mol. The van der Waals surface area contributed by atoms with E-state index < -0.39 is 22.0 Å². The Kier molecular flexibility index (Phi) is 7.13. The topological polar surface area (TPSA) is 84.9 Å². The van der Waals surface area contributed by atoms with Crippen LogP contribution >= 0.6 is 11.6 Å². The largest absolute Gasteiger partial charge is 0.495 e. The minimum atomic E-state index is -3.62. The molecule has 0 spiro atoms. The lowest BCUT2D eigenvalue weighted by Gasteiger charge is -2.19. The molecule has 1 fully saturated rings. The highest BCUT2D eigenvalue weighted by Gasteiger charge is 2.28. The van der Waals surface area contributed by atoms with Crippen LogP contribution in [0.2, 0.25) is 5.02 Å². The number of hydrogen-bond donors (Lipinski definition) is 1. The number of halogens is 1. The molecule has 1 aliphatic heterocycles. The summed E-state index contributed by atoms with van der Waals surface area (Å²) < 4.78 is 38.3. The fourth-order valence-electron chi connectivity index (χ4n) is 3.49. The van der Waals surface area contributed by atoms with Gasteiger partial charge in [-0.2, -0.15) is 4.31 Å². The van der Waals surface area contributed by atoms with Crippen molar-refractivity contribution in [1.29, 1.82) is 0 Å². The minimum absolute atomic E-state index is 0.114. The van der Waals surface area contributed by atoms with E-state index in [4.69, 9.17) is 21.1 Å². The van der Waals surface area contributed by atoms with E-state index in [1.807, 2.05) is 13.8 Å². The van der Waals surface area contributed by atoms with Gasteiger partial charge in [0.2, 0.25) is 10.0 Å². The number of benzene rings is 2. The van der Waals surface area contributed by atoms with Crippen molar-refractivity contribution in [2.45, 2.75) is 44.6 Å². The average Bonchev–Trinajstić information content (AvgIpc) is 3.27. The highest BCUT2D eigenvalue weighted by Crippen LogP contribution is 2.31. The predicted molar refractivity (Wildman–Crippen MR) is 121 cm³/mol. The van der Waals surface area contributed by atoms with Gasteiger partial charge in [0.25, 0.3) is 5.91 Å². The molecule has 1 heterocycles. The molecule has 2 aromatic rings. The lowest BCUT2D eigenvalue weighted by Crippen LogP contribution is -2.31. The smallest absolute Gasteiger partial charge is 0.265 e. The lowest BCUT2D eigenvalue weighted by atomic mass is 10.1. The van der Waals surface area contributed by atoms with Crippen LogP contribution < -0.4 is 14.8 Å². The van der Waals surface area contributed by atoms with Crippen LogP contribution in [-0.2, 0) is 14.8 Å². The Bertz CT molecular complexity index is 1060. The van der Waals surface area contributed by atoms with E-state index >= 15 is 0 Å². The SMILES string of the molecule is COc1ccc(S(=O)(=O)N2CCCC2)cc1NC(=O)C(C)Oc1cc(C)c(Cl)c(C)c1. The molecule has 0 saturated carbocycles. The Balaban J connectivity index is 1.79. The van der Waals surface area contributed by atoms with Gasteiger partial charge in [-0.15, -0.1) is 0 Å². The first-order chi connectivity index (χ1) is 14.6. The van der Waals surface area contributed by atoms with Gasteiger partial charge in [-0.25, -0.2) is 8.42 Å². The molecular weight excluding hydrogens is 440 g/mol. The van der Waals surface area contributed by atoms with Gasteiger partial charge in [-0.05, 0) is 75.1 Å². The van der Waals surface area contributed by atoms with Gasteiger partial charge in [-0.3, -0.25) is 4.79 Å².